The van der Waals surface area contributed by atoms with Gasteiger partial charge in [-0.3, -0.25) is 9.59 Å². The maximum atomic E-state index is 14.0. The summed E-state index contributed by atoms with van der Waals surface area (Å²) in [6.45, 7) is 10.4. The minimum atomic E-state index is -1.25. The Balaban J connectivity index is 2.45. The molecule has 3 amide bonds. The maximum Gasteiger partial charge on any atom is 0.408 e. The highest BCUT2D eigenvalue weighted by Gasteiger charge is 2.36. The van der Waals surface area contributed by atoms with Crippen LogP contribution in [-0.2, 0) is 30.3 Å². The van der Waals surface area contributed by atoms with E-state index in [0.29, 0.717) is 11.3 Å². The van der Waals surface area contributed by atoms with Gasteiger partial charge in [0.1, 0.15) is 35.1 Å². The Hall–Kier alpha value is -3.73. The van der Waals surface area contributed by atoms with Crippen molar-refractivity contribution in [1.82, 2.24) is 15.5 Å². The molecule has 0 spiro atoms. The molecule has 0 saturated heterocycles. The van der Waals surface area contributed by atoms with Gasteiger partial charge < -0.3 is 30.1 Å². The highest BCUT2D eigenvalue weighted by atomic mass is 32.2. The summed E-state index contributed by atoms with van der Waals surface area (Å²) in [5, 5.41) is 15.7. The number of phenolic OH excluding ortho intramolecular Hbond substituents is 1. The van der Waals surface area contributed by atoms with Crippen LogP contribution in [0, 0.1) is 0 Å². The number of ether oxygens (including phenoxy) is 2. The first kappa shape index (κ1) is 35.5. The van der Waals surface area contributed by atoms with Gasteiger partial charge in [-0.05, 0) is 83.2 Å². The number of amides is 3. The largest absolute Gasteiger partial charge is 0.508 e. The first-order valence-corrected chi connectivity index (χ1v) is 15.5. The second kappa shape index (κ2) is 15.7. The van der Waals surface area contributed by atoms with Gasteiger partial charge in [0, 0.05) is 13.5 Å². The summed E-state index contributed by atoms with van der Waals surface area (Å²) in [6, 6.07) is 11.9. The number of esters is 1. The molecule has 0 radical (unpaired) electrons. The number of rotatable bonds is 12. The number of thioether (sulfide) groups is 1. The molecule has 236 valence electrons. The van der Waals surface area contributed by atoms with Crippen LogP contribution in [0.25, 0.3) is 0 Å². The molecule has 3 unspecified atom stereocenters. The van der Waals surface area contributed by atoms with Crippen LogP contribution in [0.5, 0.6) is 5.75 Å². The molecule has 0 bridgehead atoms. The second-order valence-electron chi connectivity index (χ2n) is 12.2. The lowest BCUT2D eigenvalue weighted by molar-refractivity contribution is -0.159. The van der Waals surface area contributed by atoms with Gasteiger partial charge in [-0.1, -0.05) is 42.5 Å². The van der Waals surface area contributed by atoms with E-state index in [-0.39, 0.29) is 18.6 Å². The third-order valence-corrected chi connectivity index (χ3v) is 6.70. The first-order chi connectivity index (χ1) is 20.0. The Bertz CT molecular complexity index is 1240. The number of aromatic hydroxyl groups is 1. The fraction of sp³-hybridized carbons (Fsp3) is 0.500. The van der Waals surface area contributed by atoms with E-state index >= 15 is 0 Å². The molecule has 0 saturated carbocycles. The van der Waals surface area contributed by atoms with Gasteiger partial charge in [0.2, 0.25) is 11.8 Å². The topological polar surface area (TPSA) is 134 Å². The normalized spacial score (nSPS) is 13.7. The van der Waals surface area contributed by atoms with Crippen molar-refractivity contribution < 1.29 is 33.8 Å². The summed E-state index contributed by atoms with van der Waals surface area (Å²) in [7, 11) is 1.44. The fourth-order valence-corrected chi connectivity index (χ4v) is 4.70. The van der Waals surface area contributed by atoms with Gasteiger partial charge in [0.25, 0.3) is 0 Å². The summed E-state index contributed by atoms with van der Waals surface area (Å²) in [4.78, 5) is 54.9. The van der Waals surface area contributed by atoms with E-state index in [4.69, 9.17) is 9.47 Å². The van der Waals surface area contributed by atoms with Crippen molar-refractivity contribution in [2.45, 2.75) is 83.7 Å². The van der Waals surface area contributed by atoms with E-state index < -0.39 is 53.2 Å². The molecule has 3 N–H and O–H groups in total. The summed E-state index contributed by atoms with van der Waals surface area (Å²) in [5.41, 5.74) is -0.457. The predicted octanol–water partition coefficient (Wildman–Crippen LogP) is 4.61. The number of benzene rings is 2. The van der Waals surface area contributed by atoms with Crippen molar-refractivity contribution in [3.05, 3.63) is 65.7 Å². The van der Waals surface area contributed by atoms with E-state index in [9.17, 15) is 24.3 Å². The molecule has 10 nitrogen and oxygen atoms in total. The molecular weight excluding hydrogens is 570 g/mol. The number of phenols is 1. The van der Waals surface area contributed by atoms with E-state index in [1.807, 2.05) is 36.6 Å². The first-order valence-electron chi connectivity index (χ1n) is 14.1. The standard InChI is InChI=1S/C32H45N3O7S/c1-31(2,3)41-29(39)25(19-21-13-10-9-11-14-21)33-27(37)26(22-15-12-16-23(36)20-22)35(7)28(38)24(17-18-43-8)34-30(40)42-32(4,5)6/h9-16,20,24-26,36H,17-19H2,1-8H3,(H,33,37)(H,34,40). The lowest BCUT2D eigenvalue weighted by atomic mass is 10.0. The van der Waals surface area contributed by atoms with Crippen molar-refractivity contribution in [2.75, 3.05) is 19.1 Å². The molecule has 2 aromatic carbocycles. The van der Waals surface area contributed by atoms with Gasteiger partial charge in [-0.15, -0.1) is 0 Å². The van der Waals surface area contributed by atoms with Gasteiger partial charge in [0.05, 0.1) is 0 Å². The number of alkyl carbamates (subject to hydrolysis) is 1. The molecule has 0 heterocycles. The van der Waals surface area contributed by atoms with Crippen molar-refractivity contribution in [3.63, 3.8) is 0 Å². The monoisotopic (exact) mass is 615 g/mol. The van der Waals surface area contributed by atoms with Gasteiger partial charge in [-0.2, -0.15) is 11.8 Å². The molecular formula is C32H45N3O7S. The number of likely N-dealkylation sites (N-methyl/N-ethyl adjacent to an activating group) is 1. The van der Waals surface area contributed by atoms with Crippen LogP contribution in [0.3, 0.4) is 0 Å². The molecule has 11 heteroatoms. The number of hydrogen-bond donors (Lipinski definition) is 3. The van der Waals surface area contributed by atoms with E-state index in [1.54, 1.807) is 53.7 Å². The van der Waals surface area contributed by atoms with Crippen LogP contribution >= 0.6 is 11.8 Å². The summed E-state index contributed by atoms with van der Waals surface area (Å²) in [6.07, 6.45) is 1.56. The third-order valence-electron chi connectivity index (χ3n) is 6.06. The molecule has 0 aliphatic rings. The molecule has 2 aromatic rings. The van der Waals surface area contributed by atoms with Crippen molar-refractivity contribution in [3.8, 4) is 5.75 Å². The highest BCUT2D eigenvalue weighted by molar-refractivity contribution is 7.98. The number of carbonyl (C=O) groups excluding carboxylic acids is 4. The molecule has 0 aliphatic carbocycles. The molecule has 2 rings (SSSR count). The lowest BCUT2D eigenvalue weighted by Crippen LogP contribution is -2.54. The minimum Gasteiger partial charge on any atom is -0.508 e. The second-order valence-corrected chi connectivity index (χ2v) is 13.2. The summed E-state index contributed by atoms with van der Waals surface area (Å²) >= 11 is 1.50. The van der Waals surface area contributed by atoms with Crippen LogP contribution in [0.4, 0.5) is 4.79 Å². The Morgan fingerprint density at radius 1 is 0.884 bits per heavy atom. The Labute approximate surface area is 258 Å². The van der Waals surface area contributed by atoms with Crippen LogP contribution in [-0.4, -0.2) is 76.2 Å². The van der Waals surface area contributed by atoms with Crippen LogP contribution in [0.2, 0.25) is 0 Å². The maximum absolute atomic E-state index is 14.0. The Morgan fingerprint density at radius 3 is 2.07 bits per heavy atom. The number of carbonyl (C=O) groups is 4. The van der Waals surface area contributed by atoms with Crippen molar-refractivity contribution >= 4 is 35.6 Å². The van der Waals surface area contributed by atoms with Crippen molar-refractivity contribution in [1.29, 1.82) is 0 Å². The highest BCUT2D eigenvalue weighted by Crippen LogP contribution is 2.25. The van der Waals surface area contributed by atoms with E-state index in [2.05, 4.69) is 10.6 Å². The van der Waals surface area contributed by atoms with E-state index in [1.165, 1.54) is 35.8 Å². The SMILES string of the molecule is CSCCC(NC(=O)OC(C)(C)C)C(=O)N(C)C(C(=O)NC(Cc1ccccc1)C(=O)OC(C)(C)C)c1cccc(O)c1. The molecule has 43 heavy (non-hydrogen) atoms. The number of hydrogen-bond acceptors (Lipinski definition) is 8. The Kier molecular flexibility index (Phi) is 12.9. The minimum absolute atomic E-state index is 0.102. The van der Waals surface area contributed by atoms with Gasteiger partial charge >= 0.3 is 12.1 Å². The van der Waals surface area contributed by atoms with Crippen LogP contribution in [0.15, 0.2) is 54.6 Å². The zero-order chi connectivity index (χ0) is 32.4. The average molecular weight is 616 g/mol. The van der Waals surface area contributed by atoms with Gasteiger partial charge in [0.15, 0.2) is 0 Å². The third kappa shape index (κ3) is 12.2. The van der Waals surface area contributed by atoms with E-state index in [0.717, 1.165) is 5.56 Å². The smallest absolute Gasteiger partial charge is 0.408 e. The molecule has 3 atom stereocenters. The quantitative estimate of drug-likeness (QED) is 0.295. The zero-order valence-corrected chi connectivity index (χ0v) is 27.1. The fourth-order valence-electron chi connectivity index (χ4n) is 4.23. The van der Waals surface area contributed by atoms with Crippen molar-refractivity contribution in [2.24, 2.45) is 0 Å². The molecule has 0 aliphatic heterocycles. The number of nitrogens with zero attached hydrogens (tertiary/aromatic N) is 1. The molecule has 0 fully saturated rings. The summed E-state index contributed by atoms with van der Waals surface area (Å²) in [5.74, 6) is -1.37. The molecule has 0 aromatic heterocycles. The zero-order valence-electron chi connectivity index (χ0n) is 26.3. The number of nitrogens with one attached hydrogen (secondary N) is 2. The Morgan fingerprint density at radius 2 is 1.51 bits per heavy atom. The van der Waals surface area contributed by atoms with Crippen LogP contribution < -0.4 is 10.6 Å². The lowest BCUT2D eigenvalue weighted by Gasteiger charge is -2.33. The van der Waals surface area contributed by atoms with Crippen LogP contribution in [0.1, 0.15) is 65.1 Å². The predicted molar refractivity (Wildman–Crippen MR) is 168 cm³/mol. The average Bonchev–Trinajstić information content (AvgIpc) is 2.89. The summed E-state index contributed by atoms with van der Waals surface area (Å²) < 4.78 is 11.0. The van der Waals surface area contributed by atoms with Gasteiger partial charge in [-0.25, -0.2) is 9.59 Å².